The first-order valence-electron chi connectivity index (χ1n) is 5.21. The zero-order valence-corrected chi connectivity index (χ0v) is 12.0. The summed E-state index contributed by atoms with van der Waals surface area (Å²) in [6, 6.07) is 10.2. The Labute approximate surface area is 117 Å². The fourth-order valence-electron chi connectivity index (χ4n) is 1.92. The molecule has 0 radical (unpaired) electrons. The first-order chi connectivity index (χ1) is 8.25. The van der Waals surface area contributed by atoms with Gasteiger partial charge >= 0.3 is 0 Å². The molecule has 0 aliphatic carbocycles. The predicted octanol–water partition coefficient (Wildman–Crippen LogP) is 5.17. The zero-order valence-electron chi connectivity index (χ0n) is 8.86. The Morgan fingerprint density at radius 1 is 1.24 bits per heavy atom. The third-order valence-corrected chi connectivity index (χ3v) is 5.01. The summed E-state index contributed by atoms with van der Waals surface area (Å²) in [5, 5.41) is 4.02. The van der Waals surface area contributed by atoms with Crippen LogP contribution in [0.1, 0.15) is 4.88 Å². The average Bonchev–Trinajstić information content (AvgIpc) is 2.89. The van der Waals surface area contributed by atoms with Crippen molar-refractivity contribution in [2.24, 2.45) is 0 Å². The van der Waals surface area contributed by atoms with Crippen molar-refractivity contribution < 1.29 is 0 Å². The van der Waals surface area contributed by atoms with Crippen LogP contribution in [0.4, 0.5) is 0 Å². The smallest absolute Gasteiger partial charge is 0.0580 e. The van der Waals surface area contributed by atoms with Crippen LogP contribution >= 0.6 is 38.9 Å². The van der Waals surface area contributed by atoms with Crippen LogP contribution in [-0.4, -0.2) is 4.57 Å². The van der Waals surface area contributed by atoms with E-state index in [-0.39, 0.29) is 0 Å². The van der Waals surface area contributed by atoms with Gasteiger partial charge in [-0.05, 0) is 45.6 Å². The van der Waals surface area contributed by atoms with Gasteiger partial charge in [0.1, 0.15) is 0 Å². The number of hydrogen-bond donors (Lipinski definition) is 0. The van der Waals surface area contributed by atoms with Gasteiger partial charge in [-0.3, -0.25) is 0 Å². The minimum atomic E-state index is 0.812. The summed E-state index contributed by atoms with van der Waals surface area (Å²) < 4.78 is 3.39. The van der Waals surface area contributed by atoms with Gasteiger partial charge in [0.25, 0.3) is 0 Å². The van der Waals surface area contributed by atoms with Gasteiger partial charge in [0.15, 0.2) is 0 Å². The largest absolute Gasteiger partial charge is 0.342 e. The van der Waals surface area contributed by atoms with Crippen molar-refractivity contribution in [3.63, 3.8) is 0 Å². The lowest BCUT2D eigenvalue weighted by Crippen LogP contribution is -1.95. The van der Waals surface area contributed by atoms with Crippen LogP contribution in [0.15, 0.2) is 46.4 Å². The standard InChI is InChI=1S/C13H9BrClNS/c14-10-5-7-17-13(10)8-16-6-4-9-11(15)2-1-3-12(9)16/h1-7H,8H2. The maximum Gasteiger partial charge on any atom is 0.0580 e. The molecule has 3 rings (SSSR count). The molecule has 0 bridgehead atoms. The van der Waals surface area contributed by atoms with Gasteiger partial charge in [0.2, 0.25) is 0 Å². The molecule has 0 saturated carbocycles. The summed E-state index contributed by atoms with van der Waals surface area (Å²) in [4.78, 5) is 1.32. The third-order valence-electron chi connectivity index (χ3n) is 2.77. The molecule has 0 unspecified atom stereocenters. The molecular weight excluding hydrogens is 318 g/mol. The molecule has 3 aromatic rings. The zero-order chi connectivity index (χ0) is 11.8. The summed E-state index contributed by atoms with van der Waals surface area (Å²) in [6.45, 7) is 0.877. The molecule has 1 nitrogen and oxygen atoms in total. The first kappa shape index (κ1) is 11.3. The van der Waals surface area contributed by atoms with Crippen LogP contribution in [0.2, 0.25) is 5.02 Å². The molecule has 0 saturated heterocycles. The Morgan fingerprint density at radius 2 is 2.12 bits per heavy atom. The van der Waals surface area contributed by atoms with E-state index in [2.05, 4.69) is 50.3 Å². The van der Waals surface area contributed by atoms with Crippen LogP contribution in [0, 0.1) is 0 Å². The average molecular weight is 327 g/mol. The maximum atomic E-state index is 6.16. The molecule has 0 N–H and O–H groups in total. The molecule has 1 aromatic carbocycles. The highest BCUT2D eigenvalue weighted by Gasteiger charge is 2.07. The Balaban J connectivity index is 2.07. The second-order valence-electron chi connectivity index (χ2n) is 3.81. The lowest BCUT2D eigenvalue weighted by molar-refractivity contribution is 0.848. The van der Waals surface area contributed by atoms with Gasteiger partial charge in [0.05, 0.1) is 6.54 Å². The SMILES string of the molecule is Clc1cccc2c1ccn2Cc1sccc1Br. The lowest BCUT2D eigenvalue weighted by Gasteiger charge is -2.04. The molecule has 0 fully saturated rings. The second-order valence-corrected chi connectivity index (χ2v) is 6.07. The molecule has 0 aliphatic rings. The Kier molecular flexibility index (Phi) is 2.99. The molecule has 0 amide bonds. The van der Waals surface area contributed by atoms with Crippen molar-refractivity contribution in [1.82, 2.24) is 4.57 Å². The molecule has 0 spiro atoms. The van der Waals surface area contributed by atoms with E-state index in [9.17, 15) is 0 Å². The van der Waals surface area contributed by atoms with E-state index < -0.39 is 0 Å². The lowest BCUT2D eigenvalue weighted by atomic mass is 10.2. The van der Waals surface area contributed by atoms with Gasteiger partial charge in [-0.2, -0.15) is 0 Å². The van der Waals surface area contributed by atoms with Gasteiger partial charge in [-0.25, -0.2) is 0 Å². The second kappa shape index (κ2) is 4.48. The molecular formula is C13H9BrClNS. The molecule has 0 aliphatic heterocycles. The number of halogens is 2. The van der Waals surface area contributed by atoms with Crippen molar-refractivity contribution in [1.29, 1.82) is 0 Å². The molecule has 0 atom stereocenters. The van der Waals surface area contributed by atoms with E-state index >= 15 is 0 Å². The summed E-state index contributed by atoms with van der Waals surface area (Å²) in [7, 11) is 0. The van der Waals surface area contributed by atoms with Gasteiger partial charge < -0.3 is 4.57 Å². The van der Waals surface area contributed by atoms with Crippen LogP contribution < -0.4 is 0 Å². The molecule has 17 heavy (non-hydrogen) atoms. The number of thiophene rings is 1. The number of fused-ring (bicyclic) bond motifs is 1. The molecule has 2 heterocycles. The predicted molar refractivity (Wildman–Crippen MR) is 78.1 cm³/mol. The van der Waals surface area contributed by atoms with E-state index in [0.29, 0.717) is 0 Å². The number of hydrogen-bond acceptors (Lipinski definition) is 1. The third kappa shape index (κ3) is 2.03. The molecule has 4 heteroatoms. The minimum Gasteiger partial charge on any atom is -0.342 e. The van der Waals surface area contributed by atoms with Crippen LogP contribution in [0.3, 0.4) is 0 Å². The Hall–Kier alpha value is -0.770. The summed E-state index contributed by atoms with van der Waals surface area (Å²) in [5.74, 6) is 0. The summed E-state index contributed by atoms with van der Waals surface area (Å²) in [6.07, 6.45) is 2.09. The van der Waals surface area contributed by atoms with Crippen LogP contribution in [-0.2, 0) is 6.54 Å². The molecule has 2 aromatic heterocycles. The van der Waals surface area contributed by atoms with Crippen LogP contribution in [0.25, 0.3) is 10.9 Å². The number of benzene rings is 1. The van der Waals surface area contributed by atoms with Crippen molar-refractivity contribution in [3.8, 4) is 0 Å². The monoisotopic (exact) mass is 325 g/mol. The normalized spacial score (nSPS) is 11.2. The quantitative estimate of drug-likeness (QED) is 0.612. The van der Waals surface area contributed by atoms with E-state index in [1.54, 1.807) is 11.3 Å². The van der Waals surface area contributed by atoms with Crippen molar-refractivity contribution in [2.75, 3.05) is 0 Å². The number of rotatable bonds is 2. The fourth-order valence-corrected chi connectivity index (χ4v) is 3.62. The number of nitrogens with zero attached hydrogens (tertiary/aromatic N) is 1. The fraction of sp³-hybridized carbons (Fsp3) is 0.0769. The Morgan fingerprint density at radius 3 is 2.88 bits per heavy atom. The van der Waals surface area contributed by atoms with E-state index in [1.807, 2.05) is 12.1 Å². The minimum absolute atomic E-state index is 0.812. The van der Waals surface area contributed by atoms with Gasteiger partial charge in [0, 0.05) is 31.5 Å². The highest BCUT2D eigenvalue weighted by atomic mass is 79.9. The summed E-state index contributed by atoms with van der Waals surface area (Å²) in [5.41, 5.74) is 1.18. The first-order valence-corrected chi connectivity index (χ1v) is 7.26. The van der Waals surface area contributed by atoms with Crippen LogP contribution in [0.5, 0.6) is 0 Å². The number of aromatic nitrogens is 1. The highest BCUT2D eigenvalue weighted by Crippen LogP contribution is 2.28. The maximum absolute atomic E-state index is 6.16. The van der Waals surface area contributed by atoms with Gasteiger partial charge in [-0.15, -0.1) is 11.3 Å². The van der Waals surface area contributed by atoms with E-state index in [1.165, 1.54) is 14.9 Å². The van der Waals surface area contributed by atoms with E-state index in [4.69, 9.17) is 11.6 Å². The van der Waals surface area contributed by atoms with Crippen molar-refractivity contribution >= 4 is 49.8 Å². The molecule has 86 valence electrons. The highest BCUT2D eigenvalue weighted by molar-refractivity contribution is 9.10. The summed E-state index contributed by atoms with van der Waals surface area (Å²) >= 11 is 11.5. The van der Waals surface area contributed by atoms with E-state index in [0.717, 1.165) is 17.0 Å². The van der Waals surface area contributed by atoms with Crippen molar-refractivity contribution in [2.45, 2.75) is 6.54 Å². The van der Waals surface area contributed by atoms with Crippen molar-refractivity contribution in [3.05, 3.63) is 56.3 Å². The Bertz CT molecular complexity index is 671. The van der Waals surface area contributed by atoms with Gasteiger partial charge in [-0.1, -0.05) is 17.7 Å². The topological polar surface area (TPSA) is 4.93 Å².